The van der Waals surface area contributed by atoms with E-state index in [2.05, 4.69) is 4.98 Å². The Morgan fingerprint density at radius 3 is 2.48 bits per heavy atom. The van der Waals surface area contributed by atoms with E-state index >= 15 is 0 Å². The van der Waals surface area contributed by atoms with Crippen molar-refractivity contribution in [1.29, 1.82) is 0 Å². The summed E-state index contributed by atoms with van der Waals surface area (Å²) in [7, 11) is 0. The largest absolute Gasteiger partial charge is 0.366 e. The number of ketones is 1. The van der Waals surface area contributed by atoms with Crippen molar-refractivity contribution < 1.29 is 9.59 Å². The van der Waals surface area contributed by atoms with Gasteiger partial charge < -0.3 is 11.5 Å². The molecule has 0 bridgehead atoms. The molecule has 2 aromatic carbocycles. The SMILES string of the molecule is NCC(=O)/C=C/c1ccc(-c2cncc3ccc(C(N)=O)cc23)cc1. The highest BCUT2D eigenvalue weighted by Crippen LogP contribution is 2.28. The first-order valence-corrected chi connectivity index (χ1v) is 7.77. The van der Waals surface area contributed by atoms with E-state index in [1.54, 1.807) is 30.6 Å². The maximum absolute atomic E-state index is 11.5. The molecule has 0 aliphatic rings. The van der Waals surface area contributed by atoms with E-state index in [0.717, 1.165) is 27.5 Å². The summed E-state index contributed by atoms with van der Waals surface area (Å²) in [5, 5.41) is 1.84. The van der Waals surface area contributed by atoms with Crippen molar-refractivity contribution in [1.82, 2.24) is 4.98 Å². The summed E-state index contributed by atoms with van der Waals surface area (Å²) in [6.45, 7) is -0.00153. The molecule has 0 radical (unpaired) electrons. The Morgan fingerprint density at radius 2 is 1.80 bits per heavy atom. The fraction of sp³-hybridized carbons (Fsp3) is 0.0500. The molecule has 3 rings (SSSR count). The first-order chi connectivity index (χ1) is 12.1. The molecule has 1 aromatic heterocycles. The number of nitrogens with zero attached hydrogens (tertiary/aromatic N) is 1. The number of aromatic nitrogens is 1. The van der Waals surface area contributed by atoms with Gasteiger partial charge in [0.2, 0.25) is 5.91 Å². The average molecular weight is 331 g/mol. The van der Waals surface area contributed by atoms with E-state index in [9.17, 15) is 9.59 Å². The summed E-state index contributed by atoms with van der Waals surface area (Å²) in [6.07, 6.45) is 6.70. The molecule has 0 saturated heterocycles. The van der Waals surface area contributed by atoms with E-state index in [0.29, 0.717) is 5.56 Å². The number of hydrogen-bond acceptors (Lipinski definition) is 4. The van der Waals surface area contributed by atoms with Gasteiger partial charge in [-0.3, -0.25) is 14.6 Å². The smallest absolute Gasteiger partial charge is 0.248 e. The van der Waals surface area contributed by atoms with Crippen LogP contribution in [0.25, 0.3) is 28.0 Å². The van der Waals surface area contributed by atoms with Gasteiger partial charge >= 0.3 is 0 Å². The quantitative estimate of drug-likeness (QED) is 0.702. The van der Waals surface area contributed by atoms with Gasteiger partial charge in [-0.05, 0) is 34.7 Å². The molecule has 5 nitrogen and oxygen atoms in total. The van der Waals surface area contributed by atoms with E-state index in [-0.39, 0.29) is 12.3 Å². The zero-order chi connectivity index (χ0) is 17.8. The fourth-order valence-electron chi connectivity index (χ4n) is 2.58. The van der Waals surface area contributed by atoms with Crippen LogP contribution in [-0.4, -0.2) is 23.2 Å². The van der Waals surface area contributed by atoms with Crippen molar-refractivity contribution >= 4 is 28.5 Å². The third-order valence-electron chi connectivity index (χ3n) is 3.93. The second-order valence-electron chi connectivity index (χ2n) is 5.61. The van der Waals surface area contributed by atoms with Crippen molar-refractivity contribution in [2.45, 2.75) is 0 Å². The molecule has 124 valence electrons. The lowest BCUT2D eigenvalue weighted by atomic mass is 9.98. The molecule has 1 amide bonds. The normalized spacial score (nSPS) is 11.1. The summed E-state index contributed by atoms with van der Waals surface area (Å²) in [5.74, 6) is -0.587. The minimum Gasteiger partial charge on any atom is -0.366 e. The molecule has 0 saturated carbocycles. The van der Waals surface area contributed by atoms with E-state index < -0.39 is 5.91 Å². The monoisotopic (exact) mass is 331 g/mol. The van der Waals surface area contributed by atoms with Gasteiger partial charge in [-0.25, -0.2) is 0 Å². The van der Waals surface area contributed by atoms with Crippen molar-refractivity contribution in [3.8, 4) is 11.1 Å². The Kier molecular flexibility index (Phi) is 4.68. The predicted molar refractivity (Wildman–Crippen MR) is 98.8 cm³/mol. The lowest BCUT2D eigenvalue weighted by Gasteiger charge is -2.08. The molecule has 0 atom stereocenters. The lowest BCUT2D eigenvalue weighted by molar-refractivity contribution is -0.113. The lowest BCUT2D eigenvalue weighted by Crippen LogP contribution is -2.10. The molecule has 25 heavy (non-hydrogen) atoms. The second kappa shape index (κ2) is 7.07. The molecule has 0 aliphatic heterocycles. The number of fused-ring (bicyclic) bond motifs is 1. The molecule has 0 aliphatic carbocycles. The van der Waals surface area contributed by atoms with Gasteiger partial charge in [-0.1, -0.05) is 36.4 Å². The third-order valence-corrected chi connectivity index (χ3v) is 3.93. The van der Waals surface area contributed by atoms with Crippen LogP contribution in [0.15, 0.2) is 60.9 Å². The molecule has 5 heteroatoms. The topological polar surface area (TPSA) is 99.1 Å². The Labute approximate surface area is 145 Å². The molecule has 4 N–H and O–H groups in total. The van der Waals surface area contributed by atoms with Gasteiger partial charge in [0.05, 0.1) is 6.54 Å². The highest BCUT2D eigenvalue weighted by atomic mass is 16.1. The van der Waals surface area contributed by atoms with Gasteiger partial charge in [0.15, 0.2) is 5.78 Å². The van der Waals surface area contributed by atoms with Gasteiger partial charge in [0, 0.05) is 28.9 Å². The van der Waals surface area contributed by atoms with Crippen LogP contribution in [0.3, 0.4) is 0 Å². The summed E-state index contributed by atoms with van der Waals surface area (Å²) in [6, 6.07) is 13.0. The maximum Gasteiger partial charge on any atom is 0.248 e. The number of primary amides is 1. The van der Waals surface area contributed by atoms with E-state index in [4.69, 9.17) is 11.5 Å². The number of benzene rings is 2. The van der Waals surface area contributed by atoms with Crippen LogP contribution >= 0.6 is 0 Å². The summed E-state index contributed by atoms with van der Waals surface area (Å²) >= 11 is 0. The number of rotatable bonds is 5. The standard InChI is InChI=1S/C20H17N3O2/c21-10-17(24)8-3-13-1-4-14(5-2-13)19-12-23-11-16-7-6-15(20(22)25)9-18(16)19/h1-9,11-12H,10,21H2,(H2,22,25)/b8-3+. The molecule has 0 spiro atoms. The fourth-order valence-corrected chi connectivity index (χ4v) is 2.58. The van der Waals surface area contributed by atoms with Crippen molar-refractivity contribution in [3.05, 3.63) is 72.1 Å². The number of amides is 1. The molecular weight excluding hydrogens is 314 g/mol. The Balaban J connectivity index is 2.01. The minimum atomic E-state index is -0.463. The molecule has 3 aromatic rings. The van der Waals surface area contributed by atoms with Crippen LogP contribution in [-0.2, 0) is 4.79 Å². The van der Waals surface area contributed by atoms with Crippen LogP contribution in [0.4, 0.5) is 0 Å². The Hall–Kier alpha value is -3.31. The Morgan fingerprint density at radius 1 is 1.04 bits per heavy atom. The molecule has 0 fully saturated rings. The van der Waals surface area contributed by atoms with Crippen LogP contribution in [0.5, 0.6) is 0 Å². The van der Waals surface area contributed by atoms with E-state index in [1.807, 2.05) is 30.3 Å². The number of pyridine rings is 1. The number of hydrogen-bond donors (Lipinski definition) is 2. The van der Waals surface area contributed by atoms with Crippen molar-refractivity contribution in [2.75, 3.05) is 6.54 Å². The highest BCUT2D eigenvalue weighted by molar-refractivity contribution is 6.02. The second-order valence-corrected chi connectivity index (χ2v) is 5.61. The predicted octanol–water partition coefficient (Wildman–Crippen LogP) is 2.54. The van der Waals surface area contributed by atoms with Gasteiger partial charge in [0.25, 0.3) is 0 Å². The molecule has 1 heterocycles. The summed E-state index contributed by atoms with van der Waals surface area (Å²) in [4.78, 5) is 27.0. The van der Waals surface area contributed by atoms with Crippen molar-refractivity contribution in [2.24, 2.45) is 11.5 Å². The summed E-state index contributed by atoms with van der Waals surface area (Å²) in [5.41, 5.74) is 13.9. The number of carbonyl (C=O) groups is 2. The van der Waals surface area contributed by atoms with Crippen LogP contribution in [0, 0.1) is 0 Å². The third kappa shape index (κ3) is 3.62. The first kappa shape index (κ1) is 16.5. The van der Waals surface area contributed by atoms with Gasteiger partial charge in [-0.2, -0.15) is 0 Å². The van der Waals surface area contributed by atoms with E-state index in [1.165, 1.54) is 6.08 Å². The minimum absolute atomic E-state index is 0.00153. The maximum atomic E-state index is 11.5. The van der Waals surface area contributed by atoms with Crippen molar-refractivity contribution in [3.63, 3.8) is 0 Å². The van der Waals surface area contributed by atoms with Gasteiger partial charge in [-0.15, -0.1) is 0 Å². The highest BCUT2D eigenvalue weighted by Gasteiger charge is 2.08. The van der Waals surface area contributed by atoms with Crippen LogP contribution in [0.1, 0.15) is 15.9 Å². The number of nitrogens with two attached hydrogens (primary N) is 2. The zero-order valence-electron chi connectivity index (χ0n) is 13.5. The van der Waals surface area contributed by atoms with Crippen LogP contribution in [0.2, 0.25) is 0 Å². The van der Waals surface area contributed by atoms with Crippen LogP contribution < -0.4 is 11.5 Å². The van der Waals surface area contributed by atoms with Gasteiger partial charge in [0.1, 0.15) is 0 Å². The number of carbonyl (C=O) groups excluding carboxylic acids is 2. The zero-order valence-corrected chi connectivity index (χ0v) is 13.5. The summed E-state index contributed by atoms with van der Waals surface area (Å²) < 4.78 is 0. The molecular formula is C20H17N3O2. The Bertz CT molecular complexity index is 976. The first-order valence-electron chi connectivity index (χ1n) is 7.77. The average Bonchev–Trinajstić information content (AvgIpc) is 2.65. The molecule has 0 unspecified atom stereocenters.